The Labute approximate surface area is 158 Å². The molecule has 9 heteroatoms. The van der Waals surface area contributed by atoms with Gasteiger partial charge in [0.15, 0.2) is 0 Å². The molecule has 1 aromatic rings. The summed E-state index contributed by atoms with van der Waals surface area (Å²) in [5.74, 6) is 0. The molecule has 0 saturated carbocycles. The van der Waals surface area contributed by atoms with E-state index in [0.717, 1.165) is 37.1 Å². The summed E-state index contributed by atoms with van der Waals surface area (Å²) in [6.45, 7) is 3.95. The minimum absolute atomic E-state index is 0.153. The summed E-state index contributed by atoms with van der Waals surface area (Å²) < 4.78 is 9.47. The molecule has 0 fully saturated rings. The number of benzene rings is 1. The molecule has 0 aliphatic rings. The van der Waals surface area contributed by atoms with Gasteiger partial charge in [-0.25, -0.2) is 0 Å². The Morgan fingerprint density at radius 3 is 2.42 bits per heavy atom. The third-order valence-electron chi connectivity index (χ3n) is 4.16. The van der Waals surface area contributed by atoms with Crippen molar-refractivity contribution in [2.24, 2.45) is 0 Å². The summed E-state index contributed by atoms with van der Waals surface area (Å²) in [6.07, 6.45) is 7.32. The van der Waals surface area contributed by atoms with Crippen molar-refractivity contribution < 1.29 is 24.4 Å². The Kier molecular flexibility index (Phi) is 9.27. The molecule has 3 N–H and O–H groups in total. The summed E-state index contributed by atoms with van der Waals surface area (Å²) in [5, 5.41) is 21.5. The molecule has 0 bridgehead atoms. The average Bonchev–Trinajstić information content (AvgIpc) is 2.57. The van der Waals surface area contributed by atoms with Gasteiger partial charge < -0.3 is 14.9 Å². The van der Waals surface area contributed by atoms with Gasteiger partial charge in [0.1, 0.15) is 0 Å². The largest absolute Gasteiger partial charge is 0.372 e. The van der Waals surface area contributed by atoms with E-state index in [2.05, 4.69) is 6.92 Å². The van der Waals surface area contributed by atoms with Gasteiger partial charge in [-0.3, -0.25) is 14.7 Å². The molecule has 0 aromatic heterocycles. The summed E-state index contributed by atoms with van der Waals surface area (Å²) in [4.78, 5) is 29.7. The molecule has 1 rings (SSSR count). The number of hydrogen-bond acceptors (Lipinski definition) is 5. The zero-order valence-corrected chi connectivity index (χ0v) is 16.9. The molecule has 2 unspecified atom stereocenters. The quantitative estimate of drug-likeness (QED) is 0.151. The highest BCUT2D eigenvalue weighted by Gasteiger charge is 2.49. The zero-order chi connectivity index (χ0) is 19.8. The minimum atomic E-state index is -4.97. The normalized spacial score (nSPS) is 15.4. The van der Waals surface area contributed by atoms with Crippen LogP contribution in [-0.2, 0) is 9.24 Å². The Morgan fingerprint density at radius 2 is 1.85 bits per heavy atom. The molecule has 0 aliphatic carbocycles. The molecule has 0 radical (unpaired) electrons. The van der Waals surface area contributed by atoms with Crippen molar-refractivity contribution in [2.45, 2.75) is 68.7 Å². The molecule has 0 aliphatic heterocycles. The van der Waals surface area contributed by atoms with Crippen molar-refractivity contribution in [3.8, 4) is 0 Å². The second-order valence-electron chi connectivity index (χ2n) is 6.44. The molecule has 148 valence electrons. The first-order chi connectivity index (χ1) is 12.1. The number of aliphatic hydroxyl groups is 1. The molecular formula is C17H28NO6PS. The highest BCUT2D eigenvalue weighted by molar-refractivity contribution is 8.06. The van der Waals surface area contributed by atoms with Crippen molar-refractivity contribution in [2.75, 3.05) is 0 Å². The number of thioether (sulfide) groups is 1. The van der Waals surface area contributed by atoms with Crippen molar-refractivity contribution in [1.82, 2.24) is 0 Å². The second kappa shape index (κ2) is 10.4. The highest BCUT2D eigenvalue weighted by Crippen LogP contribution is 2.63. The van der Waals surface area contributed by atoms with Crippen LogP contribution in [0.15, 0.2) is 24.3 Å². The monoisotopic (exact) mass is 405 g/mol. The number of nitrogens with zero attached hydrogens (tertiary/aromatic N) is 1. The van der Waals surface area contributed by atoms with E-state index in [-0.39, 0.29) is 16.5 Å². The van der Waals surface area contributed by atoms with Crippen LogP contribution in [0, 0.1) is 10.1 Å². The maximum atomic E-state index is 12.0. The third-order valence-corrected chi connectivity index (χ3v) is 7.44. The predicted octanol–water partition coefficient (Wildman–Crippen LogP) is 4.75. The van der Waals surface area contributed by atoms with E-state index >= 15 is 0 Å². The van der Waals surface area contributed by atoms with Crippen LogP contribution in [-0.4, -0.2) is 25.1 Å². The van der Waals surface area contributed by atoms with Gasteiger partial charge in [-0.2, -0.15) is 0 Å². The highest BCUT2D eigenvalue weighted by atomic mass is 32.2. The Hall–Kier alpha value is -0.920. The van der Waals surface area contributed by atoms with E-state index in [1.807, 2.05) is 0 Å². The van der Waals surface area contributed by atoms with Crippen molar-refractivity contribution in [3.05, 3.63) is 39.9 Å². The van der Waals surface area contributed by atoms with E-state index in [9.17, 15) is 29.6 Å². The lowest BCUT2D eigenvalue weighted by molar-refractivity contribution is -0.385. The fourth-order valence-electron chi connectivity index (χ4n) is 2.68. The van der Waals surface area contributed by atoms with Crippen LogP contribution in [0.5, 0.6) is 0 Å². The Balaban J connectivity index is 2.82. The molecule has 0 heterocycles. The molecule has 26 heavy (non-hydrogen) atoms. The number of hydrogen-bond donors (Lipinski definition) is 3. The maximum absolute atomic E-state index is 12.0. The van der Waals surface area contributed by atoms with E-state index in [1.165, 1.54) is 37.5 Å². The molecule has 1 aromatic carbocycles. The van der Waals surface area contributed by atoms with Crippen LogP contribution in [0.4, 0.5) is 5.69 Å². The van der Waals surface area contributed by atoms with E-state index in [0.29, 0.717) is 6.42 Å². The zero-order valence-electron chi connectivity index (χ0n) is 15.2. The Morgan fingerprint density at radius 1 is 1.23 bits per heavy atom. The van der Waals surface area contributed by atoms with Crippen LogP contribution < -0.4 is 0 Å². The molecule has 2 atom stereocenters. The fourth-order valence-corrected chi connectivity index (χ4v) is 5.35. The van der Waals surface area contributed by atoms with E-state index in [4.69, 9.17) is 0 Å². The van der Waals surface area contributed by atoms with Gasteiger partial charge >= 0.3 is 7.60 Å². The van der Waals surface area contributed by atoms with Gasteiger partial charge in [0.05, 0.1) is 4.92 Å². The number of nitro benzene ring substituents is 1. The molecule has 0 amide bonds. The van der Waals surface area contributed by atoms with Gasteiger partial charge in [0.2, 0.25) is 4.67 Å². The van der Waals surface area contributed by atoms with Crippen LogP contribution in [0.1, 0.15) is 64.4 Å². The van der Waals surface area contributed by atoms with Crippen molar-refractivity contribution >= 4 is 25.0 Å². The first kappa shape index (κ1) is 23.1. The van der Waals surface area contributed by atoms with Gasteiger partial charge in [-0.15, -0.1) is 11.8 Å². The second-order valence-corrected chi connectivity index (χ2v) is 10.1. The topological polar surface area (TPSA) is 121 Å². The number of rotatable bonds is 12. The van der Waals surface area contributed by atoms with E-state index < -0.39 is 17.2 Å². The lowest BCUT2D eigenvalue weighted by Gasteiger charge is -2.31. The number of unbranched alkanes of at least 4 members (excludes halogenated alkanes) is 5. The standard InChI is InChI=1S/C17H28NO6PS/c1-3-4-5-6-7-8-10-14(2)26-17(19,25(22,23)24)15-11-9-12-16(13-15)18(20)21/h9,11-14,19H,3-8,10H2,1-2H3,(H2,22,23,24). The Bertz CT molecular complexity index is 637. The first-order valence-corrected chi connectivity index (χ1v) is 11.3. The lowest BCUT2D eigenvalue weighted by atomic mass is 10.1. The predicted molar refractivity (Wildman–Crippen MR) is 104 cm³/mol. The third kappa shape index (κ3) is 6.67. The first-order valence-electron chi connectivity index (χ1n) is 8.82. The maximum Gasteiger partial charge on any atom is 0.372 e. The van der Waals surface area contributed by atoms with Crippen LogP contribution in [0.3, 0.4) is 0 Å². The average molecular weight is 405 g/mol. The van der Waals surface area contributed by atoms with Crippen LogP contribution in [0.25, 0.3) is 0 Å². The number of non-ortho nitro benzene ring substituents is 1. The van der Waals surface area contributed by atoms with Crippen molar-refractivity contribution in [1.29, 1.82) is 0 Å². The summed E-state index contributed by atoms with van der Waals surface area (Å²) in [6, 6.07) is 4.85. The van der Waals surface area contributed by atoms with E-state index in [1.54, 1.807) is 6.92 Å². The van der Waals surface area contributed by atoms with Crippen LogP contribution in [0.2, 0.25) is 0 Å². The SMILES string of the molecule is CCCCCCCCC(C)SC(O)(c1cccc([N+](=O)[O-])c1)P(=O)(O)O. The van der Waals surface area contributed by atoms with Crippen LogP contribution >= 0.6 is 19.4 Å². The van der Waals surface area contributed by atoms with Crippen molar-refractivity contribution in [3.63, 3.8) is 0 Å². The van der Waals surface area contributed by atoms with Gasteiger partial charge in [-0.05, 0) is 6.42 Å². The number of nitro groups is 1. The van der Waals surface area contributed by atoms with Gasteiger partial charge in [0.25, 0.3) is 5.69 Å². The summed E-state index contributed by atoms with van der Waals surface area (Å²) in [5.41, 5.74) is -0.474. The fraction of sp³-hybridized carbons (Fsp3) is 0.647. The van der Waals surface area contributed by atoms with Gasteiger partial charge in [0, 0.05) is 22.9 Å². The summed E-state index contributed by atoms with van der Waals surface area (Å²) in [7, 11) is -4.97. The summed E-state index contributed by atoms with van der Waals surface area (Å²) >= 11 is 0.766. The molecule has 0 spiro atoms. The smallest absolute Gasteiger partial charge is 0.365 e. The van der Waals surface area contributed by atoms with Gasteiger partial charge in [-0.1, -0.05) is 64.5 Å². The molecule has 0 saturated heterocycles. The molecular weight excluding hydrogens is 377 g/mol. The lowest BCUT2D eigenvalue weighted by Crippen LogP contribution is -2.24. The molecule has 7 nitrogen and oxygen atoms in total. The minimum Gasteiger partial charge on any atom is -0.365 e.